The van der Waals surface area contributed by atoms with E-state index in [1.165, 1.54) is 0 Å². The number of ether oxygens (including phenoxy) is 1. The van der Waals surface area contributed by atoms with Gasteiger partial charge >= 0.3 is 0 Å². The molecule has 0 radical (unpaired) electrons. The van der Waals surface area contributed by atoms with Gasteiger partial charge in [0, 0.05) is 10.0 Å². The minimum Gasteiger partial charge on any atom is -0.457 e. The summed E-state index contributed by atoms with van der Waals surface area (Å²) >= 11 is 3.37. The molecule has 0 heterocycles. The van der Waals surface area contributed by atoms with E-state index in [9.17, 15) is 4.79 Å². The van der Waals surface area contributed by atoms with Gasteiger partial charge in [0.1, 0.15) is 11.5 Å². The minimum atomic E-state index is -0.216. The molecule has 22 heavy (non-hydrogen) atoms. The summed E-state index contributed by atoms with van der Waals surface area (Å²) in [5.41, 5.74) is 0.537. The summed E-state index contributed by atoms with van der Waals surface area (Å²) in [7, 11) is 0. The number of rotatable bonds is 6. The molecular weight excluding hydrogens is 346 g/mol. The van der Waals surface area contributed by atoms with Crippen molar-refractivity contribution in [1.82, 2.24) is 5.32 Å². The number of carbonyl (C=O) groups excluding carboxylic acids is 1. The van der Waals surface area contributed by atoms with Crippen molar-refractivity contribution in [2.24, 2.45) is 0 Å². The smallest absolute Gasteiger partial charge is 0.251 e. The molecule has 2 rings (SSSR count). The van der Waals surface area contributed by atoms with Gasteiger partial charge in [0.2, 0.25) is 0 Å². The summed E-state index contributed by atoms with van der Waals surface area (Å²) in [6.45, 7) is 1.85. The van der Waals surface area contributed by atoms with Crippen molar-refractivity contribution in [2.45, 2.75) is 19.4 Å². The highest BCUT2D eigenvalue weighted by Crippen LogP contribution is 2.23. The second-order valence-electron chi connectivity index (χ2n) is 4.84. The Morgan fingerprint density at radius 3 is 2.18 bits per heavy atom. The van der Waals surface area contributed by atoms with Crippen LogP contribution in [0.15, 0.2) is 53.0 Å². The molecule has 0 aliphatic rings. The van der Waals surface area contributed by atoms with Crippen LogP contribution in [-0.4, -0.2) is 23.7 Å². The molecule has 0 spiro atoms. The van der Waals surface area contributed by atoms with E-state index in [-0.39, 0.29) is 18.6 Å². The van der Waals surface area contributed by atoms with Crippen molar-refractivity contribution in [3.8, 4) is 11.5 Å². The number of nitrogens with one attached hydrogen (secondary N) is 1. The molecule has 2 N–H and O–H groups in total. The van der Waals surface area contributed by atoms with Crippen molar-refractivity contribution in [3.05, 3.63) is 58.6 Å². The number of amides is 1. The molecule has 0 bridgehead atoms. The lowest BCUT2D eigenvalue weighted by Crippen LogP contribution is -2.36. The molecule has 2 aromatic carbocycles. The maximum atomic E-state index is 12.0. The average Bonchev–Trinajstić information content (AvgIpc) is 2.55. The van der Waals surface area contributed by atoms with E-state index < -0.39 is 0 Å². The second-order valence-corrected chi connectivity index (χ2v) is 5.76. The Labute approximate surface area is 138 Å². The summed E-state index contributed by atoms with van der Waals surface area (Å²) in [5, 5.41) is 11.9. The molecule has 0 aromatic heterocycles. The van der Waals surface area contributed by atoms with Gasteiger partial charge in [-0.1, -0.05) is 22.9 Å². The van der Waals surface area contributed by atoms with E-state index in [0.29, 0.717) is 17.7 Å². The summed E-state index contributed by atoms with van der Waals surface area (Å²) < 4.78 is 6.69. The van der Waals surface area contributed by atoms with Crippen molar-refractivity contribution < 1.29 is 14.6 Å². The van der Waals surface area contributed by atoms with Gasteiger partial charge in [-0.3, -0.25) is 4.79 Å². The van der Waals surface area contributed by atoms with Gasteiger partial charge in [-0.25, -0.2) is 0 Å². The van der Waals surface area contributed by atoms with Gasteiger partial charge in [0.25, 0.3) is 5.91 Å². The van der Waals surface area contributed by atoms with Gasteiger partial charge in [0.15, 0.2) is 0 Å². The van der Waals surface area contributed by atoms with E-state index in [1.54, 1.807) is 24.3 Å². The van der Waals surface area contributed by atoms with Crippen LogP contribution in [0.25, 0.3) is 0 Å². The second kappa shape index (κ2) is 7.96. The molecule has 1 atom stereocenters. The van der Waals surface area contributed by atoms with Crippen LogP contribution in [0.1, 0.15) is 23.7 Å². The average molecular weight is 364 g/mol. The van der Waals surface area contributed by atoms with Crippen LogP contribution in [0, 0.1) is 0 Å². The minimum absolute atomic E-state index is 0.0625. The van der Waals surface area contributed by atoms with Crippen molar-refractivity contribution >= 4 is 21.8 Å². The molecule has 0 aliphatic heterocycles. The Balaban J connectivity index is 2.00. The summed E-state index contributed by atoms with van der Waals surface area (Å²) in [5.74, 6) is 1.19. The van der Waals surface area contributed by atoms with Crippen molar-refractivity contribution in [3.63, 3.8) is 0 Å². The SMILES string of the molecule is CC[C@H](CO)NC(=O)c1ccc(Oc2ccc(Br)cc2)cc1. The zero-order valence-electron chi connectivity index (χ0n) is 12.3. The number of aliphatic hydroxyl groups is 1. The lowest BCUT2D eigenvalue weighted by molar-refractivity contribution is 0.0915. The molecular formula is C17H18BrNO3. The van der Waals surface area contributed by atoms with Crippen LogP contribution < -0.4 is 10.1 Å². The topological polar surface area (TPSA) is 58.6 Å². The predicted octanol–water partition coefficient (Wildman–Crippen LogP) is 3.74. The molecule has 0 saturated heterocycles. The van der Waals surface area contributed by atoms with Crippen LogP contribution in [-0.2, 0) is 0 Å². The zero-order valence-corrected chi connectivity index (χ0v) is 13.8. The molecule has 2 aromatic rings. The normalized spacial score (nSPS) is 11.8. The largest absolute Gasteiger partial charge is 0.457 e. The number of aliphatic hydroxyl groups excluding tert-OH is 1. The van der Waals surface area contributed by atoms with E-state index in [4.69, 9.17) is 9.84 Å². The number of carbonyl (C=O) groups is 1. The monoisotopic (exact) mass is 363 g/mol. The lowest BCUT2D eigenvalue weighted by Gasteiger charge is -2.14. The highest BCUT2D eigenvalue weighted by atomic mass is 79.9. The first-order valence-corrected chi connectivity index (χ1v) is 7.87. The fourth-order valence-corrected chi connectivity index (χ4v) is 2.12. The fourth-order valence-electron chi connectivity index (χ4n) is 1.86. The Kier molecular flexibility index (Phi) is 5.98. The van der Waals surface area contributed by atoms with Crippen molar-refractivity contribution in [2.75, 3.05) is 6.61 Å². The maximum Gasteiger partial charge on any atom is 0.251 e. The van der Waals surface area contributed by atoms with Crippen LogP contribution in [0.5, 0.6) is 11.5 Å². The van der Waals surface area contributed by atoms with E-state index in [1.807, 2.05) is 31.2 Å². The van der Waals surface area contributed by atoms with Gasteiger partial charge in [-0.05, 0) is 55.0 Å². The Bertz CT molecular complexity index is 607. The lowest BCUT2D eigenvalue weighted by atomic mass is 10.1. The number of hydrogen-bond donors (Lipinski definition) is 2. The predicted molar refractivity (Wildman–Crippen MR) is 89.3 cm³/mol. The number of benzene rings is 2. The standard InChI is InChI=1S/C17H18BrNO3/c1-2-14(11-20)19-17(21)12-3-7-15(8-4-12)22-16-9-5-13(18)6-10-16/h3-10,14,20H,2,11H2,1H3,(H,19,21)/t14-/m1/s1. The maximum absolute atomic E-state index is 12.0. The first kappa shape index (κ1) is 16.5. The van der Waals surface area contributed by atoms with Gasteiger partial charge < -0.3 is 15.2 Å². The Morgan fingerprint density at radius 2 is 1.68 bits per heavy atom. The van der Waals surface area contributed by atoms with Gasteiger partial charge in [-0.2, -0.15) is 0 Å². The Hall–Kier alpha value is -1.85. The van der Waals surface area contributed by atoms with E-state index >= 15 is 0 Å². The van der Waals surface area contributed by atoms with E-state index in [0.717, 1.165) is 10.2 Å². The van der Waals surface area contributed by atoms with Gasteiger partial charge in [-0.15, -0.1) is 0 Å². The highest BCUT2D eigenvalue weighted by Gasteiger charge is 2.11. The quantitative estimate of drug-likeness (QED) is 0.821. The fraction of sp³-hybridized carbons (Fsp3) is 0.235. The first-order chi connectivity index (χ1) is 10.6. The first-order valence-electron chi connectivity index (χ1n) is 7.07. The summed E-state index contributed by atoms with van der Waals surface area (Å²) in [6.07, 6.45) is 0.688. The molecule has 0 saturated carbocycles. The molecule has 0 fully saturated rings. The molecule has 4 nitrogen and oxygen atoms in total. The third-order valence-corrected chi connectivity index (χ3v) is 3.74. The molecule has 116 valence electrons. The summed E-state index contributed by atoms with van der Waals surface area (Å²) in [6, 6.07) is 14.2. The van der Waals surface area contributed by atoms with Crippen LogP contribution in [0.2, 0.25) is 0 Å². The molecule has 0 unspecified atom stereocenters. The Morgan fingerprint density at radius 1 is 1.14 bits per heavy atom. The molecule has 0 aliphatic carbocycles. The molecule has 1 amide bonds. The van der Waals surface area contributed by atoms with Crippen molar-refractivity contribution in [1.29, 1.82) is 0 Å². The van der Waals surface area contributed by atoms with Crippen LogP contribution in [0.4, 0.5) is 0 Å². The van der Waals surface area contributed by atoms with Crippen LogP contribution >= 0.6 is 15.9 Å². The third kappa shape index (κ3) is 4.58. The van der Waals surface area contributed by atoms with E-state index in [2.05, 4.69) is 21.2 Å². The molecule has 5 heteroatoms. The number of hydrogen-bond acceptors (Lipinski definition) is 3. The number of halogens is 1. The van der Waals surface area contributed by atoms with Gasteiger partial charge in [0.05, 0.1) is 12.6 Å². The van der Waals surface area contributed by atoms with Crippen LogP contribution in [0.3, 0.4) is 0 Å². The summed E-state index contributed by atoms with van der Waals surface area (Å²) in [4.78, 5) is 12.0. The zero-order chi connectivity index (χ0) is 15.9. The highest BCUT2D eigenvalue weighted by molar-refractivity contribution is 9.10. The third-order valence-electron chi connectivity index (χ3n) is 3.21.